The summed E-state index contributed by atoms with van der Waals surface area (Å²) in [6, 6.07) is 0. The first-order valence-corrected chi connectivity index (χ1v) is 8.30. The molecule has 2 N–H and O–H groups in total. The molecule has 0 heterocycles. The second kappa shape index (κ2) is 13.7. The highest BCUT2D eigenvalue weighted by Crippen LogP contribution is 2.10. The lowest BCUT2D eigenvalue weighted by atomic mass is 10.1. The number of hydrogen-bond acceptors (Lipinski definition) is 3. The highest BCUT2D eigenvalue weighted by Gasteiger charge is 2.10. The standard InChI is InChI=1S/C16H33N3O2/c1-4-5-6-7-8-9-10-11-12-13-14-19(16(17)18-3)21-15(2)20/h4-14H2,1-3H3,(H2,17,18). The van der Waals surface area contributed by atoms with E-state index < -0.39 is 0 Å². The van der Waals surface area contributed by atoms with Crippen molar-refractivity contribution in [2.45, 2.75) is 78.1 Å². The van der Waals surface area contributed by atoms with Crippen LogP contribution in [0.2, 0.25) is 0 Å². The van der Waals surface area contributed by atoms with Gasteiger partial charge >= 0.3 is 5.97 Å². The Morgan fingerprint density at radius 3 is 1.90 bits per heavy atom. The summed E-state index contributed by atoms with van der Waals surface area (Å²) in [7, 11) is 1.59. The van der Waals surface area contributed by atoms with Crippen LogP contribution >= 0.6 is 0 Å². The zero-order valence-electron chi connectivity index (χ0n) is 14.1. The number of hydrogen-bond donors (Lipinski definition) is 1. The predicted molar refractivity (Wildman–Crippen MR) is 87.9 cm³/mol. The van der Waals surface area contributed by atoms with E-state index in [1.54, 1.807) is 7.05 Å². The summed E-state index contributed by atoms with van der Waals surface area (Å²) < 4.78 is 0. The quantitative estimate of drug-likeness (QED) is 0.274. The monoisotopic (exact) mass is 299 g/mol. The SMILES string of the molecule is CCCCCCCCCCCCN(OC(C)=O)C(N)=NC. The van der Waals surface area contributed by atoms with Crippen molar-refractivity contribution in [1.82, 2.24) is 5.06 Å². The zero-order valence-corrected chi connectivity index (χ0v) is 14.1. The number of carbonyl (C=O) groups excluding carboxylic acids is 1. The summed E-state index contributed by atoms with van der Waals surface area (Å²) in [4.78, 5) is 19.9. The van der Waals surface area contributed by atoms with Crippen LogP contribution < -0.4 is 5.73 Å². The van der Waals surface area contributed by atoms with E-state index in [-0.39, 0.29) is 11.9 Å². The van der Waals surface area contributed by atoms with Crippen molar-refractivity contribution in [2.24, 2.45) is 10.7 Å². The minimum atomic E-state index is -0.367. The highest BCUT2D eigenvalue weighted by molar-refractivity contribution is 5.78. The number of unbranched alkanes of at least 4 members (excludes halogenated alkanes) is 9. The Morgan fingerprint density at radius 2 is 1.48 bits per heavy atom. The molecule has 5 heteroatoms. The van der Waals surface area contributed by atoms with Crippen LogP contribution in [-0.4, -0.2) is 30.6 Å². The molecule has 0 radical (unpaired) electrons. The summed E-state index contributed by atoms with van der Waals surface area (Å²) >= 11 is 0. The Kier molecular flexibility index (Phi) is 12.9. The van der Waals surface area contributed by atoms with Crippen LogP contribution in [-0.2, 0) is 9.63 Å². The van der Waals surface area contributed by atoms with Crippen LogP contribution in [0.4, 0.5) is 0 Å². The molecule has 0 saturated heterocycles. The smallest absolute Gasteiger partial charge is 0.329 e. The van der Waals surface area contributed by atoms with E-state index in [1.807, 2.05) is 0 Å². The van der Waals surface area contributed by atoms with Gasteiger partial charge in [-0.25, -0.2) is 0 Å². The van der Waals surface area contributed by atoms with E-state index in [2.05, 4.69) is 11.9 Å². The van der Waals surface area contributed by atoms with Gasteiger partial charge in [0.15, 0.2) is 0 Å². The maximum Gasteiger partial charge on any atom is 0.329 e. The zero-order chi connectivity index (χ0) is 15.9. The first-order chi connectivity index (χ1) is 10.1. The van der Waals surface area contributed by atoms with Gasteiger partial charge in [0, 0.05) is 14.0 Å². The minimum absolute atomic E-state index is 0.251. The molecule has 5 nitrogen and oxygen atoms in total. The van der Waals surface area contributed by atoms with Crippen LogP contribution in [0.3, 0.4) is 0 Å². The highest BCUT2D eigenvalue weighted by atomic mass is 16.7. The Balaban J connectivity index is 3.56. The van der Waals surface area contributed by atoms with Crippen molar-refractivity contribution in [3.8, 4) is 0 Å². The van der Waals surface area contributed by atoms with E-state index in [0.717, 1.165) is 12.8 Å². The Bertz CT molecular complexity index is 293. The molecule has 0 amide bonds. The minimum Gasteiger partial charge on any atom is -0.367 e. The number of hydroxylamine groups is 2. The molecule has 21 heavy (non-hydrogen) atoms. The molecule has 0 aliphatic carbocycles. The Labute approximate surface area is 129 Å². The Hall–Kier alpha value is -1.26. The fourth-order valence-corrected chi connectivity index (χ4v) is 2.22. The molecule has 0 rings (SSSR count). The summed E-state index contributed by atoms with van der Waals surface area (Å²) in [5, 5.41) is 1.38. The van der Waals surface area contributed by atoms with Crippen molar-refractivity contribution in [3.05, 3.63) is 0 Å². The molecule has 0 bridgehead atoms. The van der Waals surface area contributed by atoms with E-state index in [1.165, 1.54) is 63.4 Å². The van der Waals surface area contributed by atoms with Gasteiger partial charge in [0.05, 0.1) is 6.54 Å². The van der Waals surface area contributed by atoms with Gasteiger partial charge in [-0.1, -0.05) is 64.7 Å². The molecule has 124 valence electrons. The summed E-state index contributed by atoms with van der Waals surface area (Å²) in [5.41, 5.74) is 5.68. The first-order valence-electron chi connectivity index (χ1n) is 8.30. The third kappa shape index (κ3) is 12.2. The van der Waals surface area contributed by atoms with Gasteiger partial charge in [0.1, 0.15) is 0 Å². The maximum atomic E-state index is 11.0. The lowest BCUT2D eigenvalue weighted by Gasteiger charge is -2.20. The molecule has 0 aromatic rings. The third-order valence-corrected chi connectivity index (χ3v) is 3.44. The topological polar surface area (TPSA) is 67.9 Å². The number of nitrogens with zero attached hydrogens (tertiary/aromatic N) is 2. The number of guanidine groups is 1. The van der Waals surface area contributed by atoms with E-state index >= 15 is 0 Å². The van der Waals surface area contributed by atoms with Gasteiger partial charge in [0.2, 0.25) is 5.96 Å². The average molecular weight is 299 g/mol. The molecule has 0 spiro atoms. The summed E-state index contributed by atoms with van der Waals surface area (Å²) in [6.07, 6.45) is 12.7. The second-order valence-electron chi connectivity index (χ2n) is 5.45. The van der Waals surface area contributed by atoms with Gasteiger partial charge in [-0.3, -0.25) is 9.79 Å². The van der Waals surface area contributed by atoms with Crippen molar-refractivity contribution < 1.29 is 9.63 Å². The van der Waals surface area contributed by atoms with Crippen LogP contribution in [0, 0.1) is 0 Å². The number of carbonyl (C=O) groups is 1. The van der Waals surface area contributed by atoms with Crippen molar-refractivity contribution in [1.29, 1.82) is 0 Å². The average Bonchev–Trinajstić information content (AvgIpc) is 2.46. The first kappa shape index (κ1) is 19.7. The molecule has 0 aromatic carbocycles. The number of rotatable bonds is 11. The van der Waals surface area contributed by atoms with Gasteiger partial charge in [-0.2, -0.15) is 5.06 Å². The van der Waals surface area contributed by atoms with Gasteiger partial charge < -0.3 is 10.6 Å². The second-order valence-corrected chi connectivity index (χ2v) is 5.45. The van der Waals surface area contributed by atoms with Crippen LogP contribution in [0.5, 0.6) is 0 Å². The maximum absolute atomic E-state index is 11.0. The van der Waals surface area contributed by atoms with Crippen LogP contribution in [0.25, 0.3) is 0 Å². The third-order valence-electron chi connectivity index (χ3n) is 3.44. The van der Waals surface area contributed by atoms with E-state index in [9.17, 15) is 4.79 Å². The lowest BCUT2D eigenvalue weighted by Crippen LogP contribution is -2.39. The predicted octanol–water partition coefficient (Wildman–Crippen LogP) is 3.63. The number of nitrogens with two attached hydrogens (primary N) is 1. The Morgan fingerprint density at radius 1 is 1.00 bits per heavy atom. The van der Waals surface area contributed by atoms with Gasteiger partial charge in [-0.05, 0) is 6.42 Å². The normalized spacial score (nSPS) is 11.5. The van der Waals surface area contributed by atoms with Crippen LogP contribution in [0.15, 0.2) is 4.99 Å². The summed E-state index contributed by atoms with van der Waals surface area (Å²) in [6.45, 7) is 4.23. The molecule has 0 unspecified atom stereocenters. The molecule has 0 aliphatic rings. The van der Waals surface area contributed by atoms with Crippen LogP contribution in [0.1, 0.15) is 78.1 Å². The van der Waals surface area contributed by atoms with Crippen molar-refractivity contribution in [2.75, 3.05) is 13.6 Å². The molecule has 0 aliphatic heterocycles. The molecule has 0 saturated carbocycles. The molecule has 0 fully saturated rings. The molecule has 0 aromatic heterocycles. The van der Waals surface area contributed by atoms with E-state index in [4.69, 9.17) is 10.6 Å². The van der Waals surface area contributed by atoms with Gasteiger partial charge in [-0.15, -0.1) is 0 Å². The summed E-state index contributed by atoms with van der Waals surface area (Å²) in [5.74, 6) is -0.116. The molecular weight excluding hydrogens is 266 g/mol. The van der Waals surface area contributed by atoms with Crippen molar-refractivity contribution in [3.63, 3.8) is 0 Å². The van der Waals surface area contributed by atoms with Gasteiger partial charge in [0.25, 0.3) is 0 Å². The van der Waals surface area contributed by atoms with E-state index in [0.29, 0.717) is 6.54 Å². The largest absolute Gasteiger partial charge is 0.367 e. The fraction of sp³-hybridized carbons (Fsp3) is 0.875. The fourth-order valence-electron chi connectivity index (χ4n) is 2.22. The molecular formula is C16H33N3O2. The number of aliphatic imine (C=N–C) groups is 1. The lowest BCUT2D eigenvalue weighted by molar-refractivity contribution is -0.170. The van der Waals surface area contributed by atoms with Crippen molar-refractivity contribution >= 4 is 11.9 Å². The molecule has 0 atom stereocenters.